The van der Waals surface area contributed by atoms with Crippen molar-refractivity contribution in [2.75, 3.05) is 11.9 Å². The lowest BCUT2D eigenvalue weighted by atomic mass is 9.95. The molecule has 8 heteroatoms. The van der Waals surface area contributed by atoms with Crippen molar-refractivity contribution in [1.82, 2.24) is 0 Å². The van der Waals surface area contributed by atoms with Gasteiger partial charge in [-0.05, 0) is 49.6 Å². The fourth-order valence-electron chi connectivity index (χ4n) is 2.92. The molecule has 0 bridgehead atoms. The van der Waals surface area contributed by atoms with Crippen molar-refractivity contribution >= 4 is 45.3 Å². The van der Waals surface area contributed by atoms with Crippen molar-refractivity contribution < 1.29 is 24.2 Å². The molecule has 1 amide bonds. The summed E-state index contributed by atoms with van der Waals surface area (Å²) in [6.07, 6.45) is 4.50. The van der Waals surface area contributed by atoms with Gasteiger partial charge in [0.25, 0.3) is 5.91 Å². The molecule has 2 aromatic heterocycles. The van der Waals surface area contributed by atoms with Gasteiger partial charge in [-0.1, -0.05) is 6.07 Å². The number of nitrogens with one attached hydrogen (secondary N) is 1. The number of amides is 1. The number of aryl methyl sites for hydroxylation is 1. The number of aliphatic hydroxyl groups excluding tert-OH is 1. The summed E-state index contributed by atoms with van der Waals surface area (Å²) in [4.78, 5) is 38.2. The number of allylic oxidation sites excluding steroid dienone is 1. The van der Waals surface area contributed by atoms with E-state index in [1.54, 1.807) is 24.4 Å². The van der Waals surface area contributed by atoms with E-state index in [-0.39, 0.29) is 6.61 Å². The Morgan fingerprint density at radius 2 is 2.07 bits per heavy atom. The van der Waals surface area contributed by atoms with Crippen LogP contribution < -0.4 is 5.32 Å². The van der Waals surface area contributed by atoms with Crippen molar-refractivity contribution in [3.05, 3.63) is 50.2 Å². The predicted molar refractivity (Wildman–Crippen MR) is 105 cm³/mol. The SMILES string of the molecule is CCOC(=O)c1c(NC(=O)C(O)=CC(=O)c2cccs2)sc2c1CCCC2. The van der Waals surface area contributed by atoms with E-state index in [4.69, 9.17) is 4.74 Å². The van der Waals surface area contributed by atoms with E-state index in [0.717, 1.165) is 42.2 Å². The van der Waals surface area contributed by atoms with E-state index in [0.29, 0.717) is 15.4 Å². The molecule has 0 fully saturated rings. The molecule has 6 nitrogen and oxygen atoms in total. The molecule has 0 radical (unpaired) electrons. The molecule has 2 aromatic rings. The summed E-state index contributed by atoms with van der Waals surface area (Å²) in [5.74, 6) is -2.46. The second-order valence-corrected chi connectivity index (χ2v) is 8.01. The summed E-state index contributed by atoms with van der Waals surface area (Å²) in [5.41, 5.74) is 1.28. The monoisotopic (exact) mass is 405 g/mol. The first-order chi connectivity index (χ1) is 13.0. The molecule has 2 N–H and O–H groups in total. The maximum Gasteiger partial charge on any atom is 0.341 e. The number of carbonyl (C=O) groups is 3. The number of aliphatic hydroxyl groups is 1. The van der Waals surface area contributed by atoms with E-state index >= 15 is 0 Å². The number of carbonyl (C=O) groups excluding carboxylic acids is 3. The van der Waals surface area contributed by atoms with Gasteiger partial charge in [-0.3, -0.25) is 9.59 Å². The van der Waals surface area contributed by atoms with Crippen LogP contribution in [0.1, 0.15) is 50.2 Å². The van der Waals surface area contributed by atoms with E-state index in [1.165, 1.54) is 22.7 Å². The van der Waals surface area contributed by atoms with Crippen LogP contribution >= 0.6 is 22.7 Å². The quantitative estimate of drug-likeness (QED) is 0.326. The number of thiophene rings is 2. The summed E-state index contributed by atoms with van der Waals surface area (Å²) in [6.45, 7) is 1.96. The second-order valence-electron chi connectivity index (χ2n) is 5.96. The van der Waals surface area contributed by atoms with Crippen LogP contribution in [-0.4, -0.2) is 29.4 Å². The minimum absolute atomic E-state index is 0.233. The fourth-order valence-corrected chi connectivity index (χ4v) is 4.83. The zero-order valence-corrected chi connectivity index (χ0v) is 16.4. The van der Waals surface area contributed by atoms with Gasteiger partial charge in [-0.15, -0.1) is 22.7 Å². The number of fused-ring (bicyclic) bond motifs is 1. The Morgan fingerprint density at radius 3 is 2.78 bits per heavy atom. The third-order valence-electron chi connectivity index (χ3n) is 4.14. The lowest BCUT2D eigenvalue weighted by molar-refractivity contribution is -0.115. The van der Waals surface area contributed by atoms with Crippen LogP contribution in [-0.2, 0) is 22.4 Å². The third-order valence-corrected chi connectivity index (χ3v) is 6.23. The average Bonchev–Trinajstić information content (AvgIpc) is 3.29. The van der Waals surface area contributed by atoms with Gasteiger partial charge in [-0.2, -0.15) is 0 Å². The highest BCUT2D eigenvalue weighted by Crippen LogP contribution is 2.38. The Hall–Kier alpha value is -2.45. The summed E-state index contributed by atoms with van der Waals surface area (Å²) in [6, 6.07) is 3.32. The minimum Gasteiger partial charge on any atom is -0.503 e. The predicted octanol–water partition coefficient (Wildman–Crippen LogP) is 4.13. The molecular weight excluding hydrogens is 386 g/mol. The van der Waals surface area contributed by atoms with E-state index < -0.39 is 23.4 Å². The maximum absolute atomic E-state index is 12.4. The normalized spacial score (nSPS) is 13.7. The topological polar surface area (TPSA) is 92.7 Å². The molecule has 2 heterocycles. The van der Waals surface area contributed by atoms with Crippen molar-refractivity contribution in [2.24, 2.45) is 0 Å². The highest BCUT2D eigenvalue weighted by Gasteiger charge is 2.27. The number of esters is 1. The number of hydrogen-bond acceptors (Lipinski definition) is 7. The molecule has 1 aliphatic carbocycles. The zero-order valence-electron chi connectivity index (χ0n) is 14.7. The van der Waals surface area contributed by atoms with E-state index in [2.05, 4.69) is 5.32 Å². The van der Waals surface area contributed by atoms with E-state index in [1.807, 2.05) is 0 Å². The number of anilines is 1. The highest BCUT2D eigenvalue weighted by atomic mass is 32.1. The van der Waals surface area contributed by atoms with Crippen molar-refractivity contribution in [1.29, 1.82) is 0 Å². The van der Waals surface area contributed by atoms with Crippen LogP contribution in [0.25, 0.3) is 0 Å². The van der Waals surface area contributed by atoms with Gasteiger partial charge in [0, 0.05) is 11.0 Å². The lowest BCUT2D eigenvalue weighted by Gasteiger charge is -2.12. The van der Waals surface area contributed by atoms with Gasteiger partial charge >= 0.3 is 5.97 Å². The second kappa shape index (κ2) is 8.49. The van der Waals surface area contributed by atoms with Crippen molar-refractivity contribution in [3.8, 4) is 0 Å². The smallest absolute Gasteiger partial charge is 0.341 e. The molecule has 1 aliphatic rings. The lowest BCUT2D eigenvalue weighted by Crippen LogP contribution is -2.17. The van der Waals surface area contributed by atoms with Crippen LogP contribution in [0.3, 0.4) is 0 Å². The minimum atomic E-state index is -0.830. The Bertz CT molecular complexity index is 896. The van der Waals surface area contributed by atoms with Gasteiger partial charge in [0.15, 0.2) is 11.5 Å². The zero-order chi connectivity index (χ0) is 19.4. The van der Waals surface area contributed by atoms with E-state index in [9.17, 15) is 19.5 Å². The molecule has 0 unspecified atom stereocenters. The van der Waals surface area contributed by atoms with Crippen LogP contribution in [0, 0.1) is 0 Å². The Morgan fingerprint density at radius 1 is 1.30 bits per heavy atom. The van der Waals surface area contributed by atoms with Crippen LogP contribution in [0.4, 0.5) is 5.00 Å². The van der Waals surface area contributed by atoms with Crippen molar-refractivity contribution in [2.45, 2.75) is 32.6 Å². The van der Waals surface area contributed by atoms with Crippen molar-refractivity contribution in [3.63, 3.8) is 0 Å². The largest absolute Gasteiger partial charge is 0.503 e. The molecule has 142 valence electrons. The molecule has 0 spiro atoms. The van der Waals surface area contributed by atoms with Gasteiger partial charge < -0.3 is 15.2 Å². The third kappa shape index (κ3) is 4.28. The summed E-state index contributed by atoms with van der Waals surface area (Å²) < 4.78 is 5.14. The average molecular weight is 405 g/mol. The molecule has 3 rings (SSSR count). The molecule has 27 heavy (non-hydrogen) atoms. The summed E-state index contributed by atoms with van der Waals surface area (Å²) in [7, 11) is 0. The molecule has 0 aromatic carbocycles. The molecule has 0 saturated heterocycles. The van der Waals surface area contributed by atoms with Gasteiger partial charge in [0.2, 0.25) is 0 Å². The van der Waals surface area contributed by atoms with Crippen LogP contribution in [0.15, 0.2) is 29.3 Å². The van der Waals surface area contributed by atoms with Crippen LogP contribution in [0.2, 0.25) is 0 Å². The van der Waals surface area contributed by atoms with Gasteiger partial charge in [0.05, 0.1) is 17.0 Å². The maximum atomic E-state index is 12.4. The summed E-state index contributed by atoms with van der Waals surface area (Å²) in [5, 5.41) is 14.7. The Kier molecular flexibility index (Phi) is 6.08. The molecule has 0 saturated carbocycles. The Labute approximate surface area is 164 Å². The first-order valence-corrected chi connectivity index (χ1v) is 10.3. The number of ketones is 1. The van der Waals surface area contributed by atoms with Gasteiger partial charge in [-0.25, -0.2) is 4.79 Å². The molecular formula is C19H19NO5S2. The summed E-state index contributed by atoms with van der Waals surface area (Å²) >= 11 is 2.55. The highest BCUT2D eigenvalue weighted by molar-refractivity contribution is 7.17. The first-order valence-electron chi connectivity index (χ1n) is 8.62. The number of hydrogen-bond donors (Lipinski definition) is 2. The molecule has 0 atom stereocenters. The van der Waals surface area contributed by atoms with Gasteiger partial charge in [0.1, 0.15) is 5.00 Å². The molecule has 0 aliphatic heterocycles. The number of rotatable bonds is 6. The standard InChI is InChI=1S/C19H19NO5S2/c1-2-25-19(24)16-11-6-3-4-7-14(11)27-18(16)20-17(23)13(22)10-12(21)15-8-5-9-26-15/h5,8-10,22H,2-4,6-7H2,1H3,(H,20,23). The first kappa shape index (κ1) is 19.3. The fraction of sp³-hybridized carbons (Fsp3) is 0.316. The Balaban J connectivity index is 1.84. The number of ether oxygens (including phenoxy) is 1. The van der Waals surface area contributed by atoms with Crippen LogP contribution in [0.5, 0.6) is 0 Å².